The van der Waals surface area contributed by atoms with Crippen molar-refractivity contribution < 1.29 is 14.6 Å². The molecule has 0 saturated carbocycles. The molecule has 4 N–H and O–H groups in total. The second kappa shape index (κ2) is 14.3. The van der Waals surface area contributed by atoms with Crippen LogP contribution in [0.25, 0.3) is 0 Å². The molecule has 3 rings (SSSR count). The number of nitrogens with two attached hydrogens (primary N) is 1. The summed E-state index contributed by atoms with van der Waals surface area (Å²) >= 11 is 1.79. The summed E-state index contributed by atoms with van der Waals surface area (Å²) in [7, 11) is 1.00. The highest BCUT2D eigenvalue weighted by atomic mass is 32.1. The summed E-state index contributed by atoms with van der Waals surface area (Å²) < 4.78 is 5.84. The third-order valence-electron chi connectivity index (χ3n) is 3.91. The van der Waals surface area contributed by atoms with Gasteiger partial charge in [-0.3, -0.25) is 4.79 Å². The predicted octanol–water partition coefficient (Wildman–Crippen LogP) is 4.31. The molecule has 0 atom stereocenters. The Hall–Kier alpha value is -2.74. The fraction of sp³-hybridized carbons (Fsp3) is 0.304. The van der Waals surface area contributed by atoms with Crippen LogP contribution in [0.2, 0.25) is 0 Å². The van der Waals surface area contributed by atoms with Crippen LogP contribution in [-0.4, -0.2) is 29.7 Å². The molecule has 0 bridgehead atoms. The average molecular weight is 430 g/mol. The number of nitrogens with zero attached hydrogens (tertiary/aromatic N) is 1. The Labute approximate surface area is 182 Å². The van der Waals surface area contributed by atoms with Crippen LogP contribution in [-0.2, 0) is 13.0 Å². The zero-order valence-electron chi connectivity index (χ0n) is 18.0. The molecule has 30 heavy (non-hydrogen) atoms. The number of amides is 1. The fourth-order valence-corrected chi connectivity index (χ4v) is 3.26. The number of aryl methyl sites for hydroxylation is 1. The molecule has 0 unspecified atom stereocenters. The van der Waals surface area contributed by atoms with E-state index in [0.717, 1.165) is 37.9 Å². The molecule has 0 radical (unpaired) electrons. The van der Waals surface area contributed by atoms with Crippen molar-refractivity contribution in [1.29, 1.82) is 0 Å². The Morgan fingerprint density at radius 3 is 2.53 bits per heavy atom. The maximum Gasteiger partial charge on any atom is 0.267 e. The molecule has 7 heteroatoms. The summed E-state index contributed by atoms with van der Waals surface area (Å²) in [5.41, 5.74) is 7.66. The Kier molecular flexibility index (Phi) is 12.0. The van der Waals surface area contributed by atoms with Crippen LogP contribution in [0.15, 0.2) is 54.0 Å². The molecule has 0 aliphatic rings. The van der Waals surface area contributed by atoms with Gasteiger partial charge in [0.2, 0.25) is 0 Å². The first-order chi connectivity index (χ1) is 14.6. The molecule has 2 aromatic heterocycles. The molecule has 2 heterocycles. The maximum absolute atomic E-state index is 11.1. The van der Waals surface area contributed by atoms with E-state index in [-0.39, 0.29) is 5.69 Å². The summed E-state index contributed by atoms with van der Waals surface area (Å²) in [6, 6.07) is 13.6. The molecule has 6 nitrogen and oxygen atoms in total. The lowest BCUT2D eigenvalue weighted by Crippen LogP contribution is -2.16. The standard InChI is InChI=1S/C20H21N3O2S.C2H6.CH4O/c1-14-11-15(12-22-9-8-17-3-2-10-26-17)4-7-19(14)25-16-5-6-18(20(21)24)23-13-16;2*1-2/h2-7,10-11,13,22H,8-9,12H2,1H3,(H2,21,24);1-2H3;2H,1H3. The van der Waals surface area contributed by atoms with Crippen molar-refractivity contribution in [2.24, 2.45) is 5.73 Å². The highest BCUT2D eigenvalue weighted by Gasteiger charge is 2.06. The van der Waals surface area contributed by atoms with Crippen LogP contribution in [0.4, 0.5) is 0 Å². The van der Waals surface area contributed by atoms with Gasteiger partial charge in [-0.25, -0.2) is 4.98 Å². The number of primary amides is 1. The summed E-state index contributed by atoms with van der Waals surface area (Å²) in [6.45, 7) is 7.78. The average Bonchev–Trinajstić information content (AvgIpc) is 3.30. The van der Waals surface area contributed by atoms with Crippen LogP contribution in [0.5, 0.6) is 11.5 Å². The molecular formula is C23H31N3O3S. The molecule has 0 saturated heterocycles. The fourth-order valence-electron chi connectivity index (χ4n) is 2.55. The van der Waals surface area contributed by atoms with Crippen molar-refractivity contribution in [1.82, 2.24) is 10.3 Å². The van der Waals surface area contributed by atoms with Crippen molar-refractivity contribution in [3.05, 3.63) is 75.7 Å². The number of hydrogen-bond donors (Lipinski definition) is 3. The van der Waals surface area contributed by atoms with Gasteiger partial charge in [-0.15, -0.1) is 11.3 Å². The SMILES string of the molecule is CC.CO.Cc1cc(CNCCc2cccs2)ccc1Oc1ccc(C(N)=O)nc1. The van der Waals surface area contributed by atoms with Crippen LogP contribution in [0.3, 0.4) is 0 Å². The number of carbonyl (C=O) groups excluding carboxylic acids is 1. The number of hydrogen-bond acceptors (Lipinski definition) is 6. The minimum atomic E-state index is -0.552. The Morgan fingerprint density at radius 1 is 1.20 bits per heavy atom. The third kappa shape index (κ3) is 8.32. The van der Waals surface area contributed by atoms with E-state index in [0.29, 0.717) is 5.75 Å². The van der Waals surface area contributed by atoms with E-state index in [1.165, 1.54) is 16.6 Å². The highest BCUT2D eigenvalue weighted by Crippen LogP contribution is 2.25. The predicted molar refractivity (Wildman–Crippen MR) is 123 cm³/mol. The van der Waals surface area contributed by atoms with Gasteiger partial charge in [0, 0.05) is 25.1 Å². The van der Waals surface area contributed by atoms with E-state index in [9.17, 15) is 4.79 Å². The first kappa shape index (κ1) is 25.3. The smallest absolute Gasteiger partial charge is 0.267 e. The van der Waals surface area contributed by atoms with Crippen LogP contribution in [0, 0.1) is 6.92 Å². The summed E-state index contributed by atoms with van der Waals surface area (Å²) in [5, 5.41) is 12.6. The monoisotopic (exact) mass is 429 g/mol. The number of carbonyl (C=O) groups is 1. The third-order valence-corrected chi connectivity index (χ3v) is 4.85. The summed E-state index contributed by atoms with van der Waals surface area (Å²) in [6.07, 6.45) is 2.55. The quantitative estimate of drug-likeness (QED) is 0.464. The van der Waals surface area contributed by atoms with E-state index in [1.807, 2.05) is 32.9 Å². The molecule has 0 spiro atoms. The molecule has 0 fully saturated rings. The van der Waals surface area contributed by atoms with Crippen molar-refractivity contribution in [2.75, 3.05) is 13.7 Å². The van der Waals surface area contributed by atoms with Crippen molar-refractivity contribution in [3.8, 4) is 11.5 Å². The minimum Gasteiger partial charge on any atom is -0.455 e. The first-order valence-electron chi connectivity index (χ1n) is 9.83. The van der Waals surface area contributed by atoms with Crippen LogP contribution in [0.1, 0.15) is 40.3 Å². The summed E-state index contributed by atoms with van der Waals surface area (Å²) in [4.78, 5) is 16.4. The number of thiophene rings is 1. The second-order valence-electron chi connectivity index (χ2n) is 5.95. The van der Waals surface area contributed by atoms with Gasteiger partial charge in [0.1, 0.15) is 17.2 Å². The number of aliphatic hydroxyl groups is 1. The maximum atomic E-state index is 11.1. The Bertz CT molecular complexity index is 866. The number of ether oxygens (including phenoxy) is 1. The lowest BCUT2D eigenvalue weighted by molar-refractivity contribution is 0.0995. The number of aliphatic hydroxyl groups excluding tert-OH is 1. The Balaban J connectivity index is 0.00000106. The highest BCUT2D eigenvalue weighted by molar-refractivity contribution is 7.09. The van der Waals surface area contributed by atoms with Gasteiger partial charge in [0.25, 0.3) is 5.91 Å². The van der Waals surface area contributed by atoms with Gasteiger partial charge in [-0.2, -0.15) is 0 Å². The largest absolute Gasteiger partial charge is 0.455 e. The van der Waals surface area contributed by atoms with E-state index in [4.69, 9.17) is 15.6 Å². The lowest BCUT2D eigenvalue weighted by atomic mass is 10.1. The second-order valence-corrected chi connectivity index (χ2v) is 6.98. The number of pyridine rings is 1. The van der Waals surface area contributed by atoms with Gasteiger partial charge in [0.05, 0.1) is 6.20 Å². The molecule has 3 aromatic rings. The number of nitrogens with one attached hydrogen (secondary N) is 1. The first-order valence-corrected chi connectivity index (χ1v) is 10.7. The Morgan fingerprint density at radius 2 is 1.97 bits per heavy atom. The summed E-state index contributed by atoms with van der Waals surface area (Å²) in [5.74, 6) is 0.782. The zero-order chi connectivity index (χ0) is 22.4. The van der Waals surface area contributed by atoms with E-state index in [2.05, 4.69) is 33.9 Å². The molecule has 1 aromatic carbocycles. The molecular weight excluding hydrogens is 398 g/mol. The number of aromatic nitrogens is 1. The van der Waals surface area contributed by atoms with Gasteiger partial charge in [-0.1, -0.05) is 32.0 Å². The van der Waals surface area contributed by atoms with Gasteiger partial charge < -0.3 is 20.9 Å². The molecule has 0 aliphatic heterocycles. The minimum absolute atomic E-state index is 0.220. The zero-order valence-corrected chi connectivity index (χ0v) is 18.8. The van der Waals surface area contributed by atoms with E-state index >= 15 is 0 Å². The molecule has 1 amide bonds. The van der Waals surface area contributed by atoms with Crippen molar-refractivity contribution in [2.45, 2.75) is 33.7 Å². The van der Waals surface area contributed by atoms with Crippen LogP contribution >= 0.6 is 11.3 Å². The van der Waals surface area contributed by atoms with Gasteiger partial charge in [0.15, 0.2) is 0 Å². The molecule has 162 valence electrons. The van der Waals surface area contributed by atoms with E-state index < -0.39 is 5.91 Å². The molecule has 0 aliphatic carbocycles. The van der Waals surface area contributed by atoms with Gasteiger partial charge >= 0.3 is 0 Å². The van der Waals surface area contributed by atoms with Crippen LogP contribution < -0.4 is 15.8 Å². The number of rotatable bonds is 8. The van der Waals surface area contributed by atoms with Crippen molar-refractivity contribution in [3.63, 3.8) is 0 Å². The topological polar surface area (TPSA) is 97.5 Å². The number of benzene rings is 1. The van der Waals surface area contributed by atoms with Gasteiger partial charge in [-0.05, 0) is 54.1 Å². The lowest BCUT2D eigenvalue weighted by Gasteiger charge is -2.11. The van der Waals surface area contributed by atoms with E-state index in [1.54, 1.807) is 23.5 Å². The normalized spacial score (nSPS) is 9.63. The van der Waals surface area contributed by atoms with Crippen molar-refractivity contribution >= 4 is 17.2 Å².